The lowest BCUT2D eigenvalue weighted by Gasteiger charge is -2.10. The maximum Gasteiger partial charge on any atom is 0.263 e. The van der Waals surface area contributed by atoms with E-state index in [9.17, 15) is 17.6 Å². The zero-order valence-electron chi connectivity index (χ0n) is 9.25. The van der Waals surface area contributed by atoms with Crippen LogP contribution in [0.15, 0.2) is 30.3 Å². The third kappa shape index (κ3) is 2.22. The minimum absolute atomic E-state index is 0.00895. The van der Waals surface area contributed by atoms with Gasteiger partial charge in [-0.15, -0.1) is 0 Å². The number of ether oxygens (including phenoxy) is 1. The van der Waals surface area contributed by atoms with E-state index in [1.807, 2.05) is 0 Å². The molecule has 0 aliphatic rings. The first-order valence-corrected chi connectivity index (χ1v) is 5.02. The highest BCUT2D eigenvalue weighted by Crippen LogP contribution is 2.36. The lowest BCUT2D eigenvalue weighted by Crippen LogP contribution is -2.00. The van der Waals surface area contributed by atoms with Crippen molar-refractivity contribution in [3.63, 3.8) is 0 Å². The first kappa shape index (κ1) is 12.9. The second kappa shape index (κ2) is 4.98. The number of para-hydroxylation sites is 1. The Morgan fingerprint density at radius 1 is 0.842 bits per heavy atom. The lowest BCUT2D eigenvalue weighted by molar-refractivity contribution is 0.369. The van der Waals surface area contributed by atoms with Gasteiger partial charge in [0.1, 0.15) is 5.75 Å². The minimum atomic E-state index is -1.78. The number of nitrogens with zero attached hydrogens (tertiary/aromatic N) is 1. The van der Waals surface area contributed by atoms with Crippen LogP contribution in [0, 0.1) is 29.8 Å². The van der Waals surface area contributed by atoms with Crippen molar-refractivity contribution in [2.45, 2.75) is 0 Å². The molecule has 0 aromatic heterocycles. The van der Waals surface area contributed by atoms with Gasteiger partial charge >= 0.3 is 0 Å². The number of hydrogen-bond donors (Lipinski definition) is 0. The van der Waals surface area contributed by atoms with Crippen molar-refractivity contribution in [3.05, 3.63) is 65.0 Å². The summed E-state index contributed by atoms with van der Waals surface area (Å²) in [6, 6.07) is 7.38. The summed E-state index contributed by atoms with van der Waals surface area (Å²) in [6.45, 7) is 6.48. The van der Waals surface area contributed by atoms with E-state index < -0.39 is 34.7 Å². The van der Waals surface area contributed by atoms with Crippen molar-refractivity contribution in [2.75, 3.05) is 0 Å². The van der Waals surface area contributed by atoms with Crippen molar-refractivity contribution in [3.8, 4) is 11.5 Å². The molecule has 0 saturated carbocycles. The molecule has 0 fully saturated rings. The molecular formula is C13H5F4NO. The van der Waals surface area contributed by atoms with Crippen LogP contribution in [-0.4, -0.2) is 0 Å². The van der Waals surface area contributed by atoms with Gasteiger partial charge in [-0.25, -0.2) is 22.4 Å². The monoisotopic (exact) mass is 267 g/mol. The molecule has 0 saturated heterocycles. The van der Waals surface area contributed by atoms with E-state index in [0.29, 0.717) is 0 Å². The van der Waals surface area contributed by atoms with Gasteiger partial charge in [-0.2, -0.15) is 0 Å². The Labute approximate surface area is 105 Å². The van der Waals surface area contributed by atoms with E-state index in [4.69, 9.17) is 11.3 Å². The molecule has 0 bridgehead atoms. The fourth-order valence-electron chi connectivity index (χ4n) is 1.39. The van der Waals surface area contributed by atoms with Crippen LogP contribution in [0.4, 0.5) is 23.2 Å². The Balaban J connectivity index is 2.57. The Kier molecular flexibility index (Phi) is 3.38. The van der Waals surface area contributed by atoms with Crippen molar-refractivity contribution in [1.29, 1.82) is 0 Å². The minimum Gasteiger partial charge on any atom is -0.451 e. The largest absolute Gasteiger partial charge is 0.451 e. The van der Waals surface area contributed by atoms with Gasteiger partial charge in [0, 0.05) is 0 Å². The van der Waals surface area contributed by atoms with E-state index in [-0.39, 0.29) is 5.75 Å². The molecule has 2 rings (SSSR count). The summed E-state index contributed by atoms with van der Waals surface area (Å²) in [4.78, 5) is 2.40. The predicted octanol–water partition coefficient (Wildman–Crippen LogP) is 4.59. The Morgan fingerprint density at radius 2 is 1.37 bits per heavy atom. The number of benzene rings is 2. The van der Waals surface area contributed by atoms with Crippen LogP contribution in [-0.2, 0) is 0 Å². The van der Waals surface area contributed by atoms with Crippen LogP contribution >= 0.6 is 0 Å². The zero-order valence-corrected chi connectivity index (χ0v) is 9.25. The lowest BCUT2D eigenvalue weighted by atomic mass is 10.2. The van der Waals surface area contributed by atoms with Gasteiger partial charge in [-0.3, -0.25) is 0 Å². The summed E-state index contributed by atoms with van der Waals surface area (Å²) in [5, 5.41) is 0. The molecule has 6 heteroatoms. The quantitative estimate of drug-likeness (QED) is 0.441. The smallest absolute Gasteiger partial charge is 0.263 e. The number of halogens is 4. The highest BCUT2D eigenvalue weighted by molar-refractivity contribution is 5.52. The predicted molar refractivity (Wildman–Crippen MR) is 59.1 cm³/mol. The van der Waals surface area contributed by atoms with E-state index in [1.54, 1.807) is 6.07 Å². The molecule has 96 valence electrons. The van der Waals surface area contributed by atoms with E-state index in [2.05, 4.69) is 4.85 Å². The molecule has 0 spiro atoms. The number of hydrogen-bond acceptors (Lipinski definition) is 1. The van der Waals surface area contributed by atoms with Crippen LogP contribution in [0.3, 0.4) is 0 Å². The third-order valence-electron chi connectivity index (χ3n) is 2.27. The maximum atomic E-state index is 13.5. The molecule has 0 unspecified atom stereocenters. The summed E-state index contributed by atoms with van der Waals surface area (Å²) in [6.07, 6.45) is 0. The van der Waals surface area contributed by atoms with Gasteiger partial charge in [-0.1, -0.05) is 18.2 Å². The van der Waals surface area contributed by atoms with E-state index >= 15 is 0 Å². The molecule has 0 aliphatic heterocycles. The molecule has 0 atom stereocenters. The van der Waals surface area contributed by atoms with Crippen molar-refractivity contribution in [2.24, 2.45) is 0 Å². The molecule has 0 radical (unpaired) electrons. The van der Waals surface area contributed by atoms with Gasteiger partial charge in [0.25, 0.3) is 5.69 Å². The fraction of sp³-hybridized carbons (Fsp3) is 0. The molecule has 0 aliphatic carbocycles. The Morgan fingerprint density at radius 3 is 1.84 bits per heavy atom. The molecular weight excluding hydrogens is 262 g/mol. The average molecular weight is 267 g/mol. The summed E-state index contributed by atoms with van der Waals surface area (Å²) < 4.78 is 58.5. The van der Waals surface area contributed by atoms with E-state index in [1.165, 1.54) is 24.3 Å². The molecule has 2 aromatic rings. The summed E-state index contributed by atoms with van der Waals surface area (Å²) in [5.41, 5.74) is -1.34. The highest BCUT2D eigenvalue weighted by Gasteiger charge is 2.27. The molecule has 0 N–H and O–H groups in total. The summed E-state index contributed by atoms with van der Waals surface area (Å²) in [7, 11) is 0. The van der Waals surface area contributed by atoms with Gasteiger partial charge in [0.05, 0.1) is 6.57 Å². The van der Waals surface area contributed by atoms with Crippen LogP contribution in [0.25, 0.3) is 4.85 Å². The first-order valence-electron chi connectivity index (χ1n) is 5.02. The topological polar surface area (TPSA) is 13.6 Å². The van der Waals surface area contributed by atoms with E-state index in [0.717, 1.165) is 0 Å². The van der Waals surface area contributed by atoms with Crippen molar-refractivity contribution in [1.82, 2.24) is 0 Å². The van der Waals surface area contributed by atoms with Crippen LogP contribution < -0.4 is 4.74 Å². The van der Waals surface area contributed by atoms with Gasteiger partial charge in [0.2, 0.25) is 5.75 Å². The first-order chi connectivity index (χ1) is 9.06. The SMILES string of the molecule is [C-]#[N+]c1c(F)c(F)c(Oc2ccccc2)c(F)c1F. The number of rotatable bonds is 2. The van der Waals surface area contributed by atoms with Crippen LogP contribution in [0.1, 0.15) is 0 Å². The molecule has 19 heavy (non-hydrogen) atoms. The van der Waals surface area contributed by atoms with Crippen molar-refractivity contribution < 1.29 is 22.3 Å². The van der Waals surface area contributed by atoms with Gasteiger partial charge in [-0.05, 0) is 12.1 Å². The second-order valence-corrected chi connectivity index (χ2v) is 3.46. The molecule has 0 heterocycles. The fourth-order valence-corrected chi connectivity index (χ4v) is 1.39. The Bertz CT molecular complexity index is 636. The molecule has 0 amide bonds. The van der Waals surface area contributed by atoms with Crippen molar-refractivity contribution >= 4 is 5.69 Å². The normalized spacial score (nSPS) is 10.1. The summed E-state index contributed by atoms with van der Waals surface area (Å²) >= 11 is 0. The van der Waals surface area contributed by atoms with Crippen LogP contribution in [0.5, 0.6) is 11.5 Å². The van der Waals surface area contributed by atoms with Gasteiger partial charge in [0.15, 0.2) is 23.3 Å². The van der Waals surface area contributed by atoms with Crippen LogP contribution in [0.2, 0.25) is 0 Å². The average Bonchev–Trinajstić information content (AvgIpc) is 2.43. The zero-order chi connectivity index (χ0) is 14.0. The highest BCUT2D eigenvalue weighted by atomic mass is 19.2. The Hall–Kier alpha value is -2.55. The standard InChI is InChI=1S/C13H5F4NO/c1-18-12-8(14)10(16)13(11(17)9(12)15)19-7-5-3-2-4-6-7/h2-6H. The second-order valence-electron chi connectivity index (χ2n) is 3.46. The third-order valence-corrected chi connectivity index (χ3v) is 2.27. The maximum absolute atomic E-state index is 13.5. The summed E-state index contributed by atoms with van der Waals surface area (Å²) in [5.74, 6) is -8.24. The molecule has 2 aromatic carbocycles. The van der Waals surface area contributed by atoms with Gasteiger partial charge < -0.3 is 4.74 Å². The molecule has 2 nitrogen and oxygen atoms in total.